The zero-order valence-electron chi connectivity index (χ0n) is 13.8. The monoisotopic (exact) mass is 367 g/mol. The molecule has 3 rings (SSSR count). The molecule has 1 N–H and O–H groups in total. The normalized spacial score (nSPS) is 11.8. The van der Waals surface area contributed by atoms with Gasteiger partial charge in [0, 0.05) is 15.6 Å². The molecule has 0 bridgehead atoms. The number of carbonyl (C=O) groups is 1. The van der Waals surface area contributed by atoms with Gasteiger partial charge in [-0.1, -0.05) is 66.2 Å². The summed E-state index contributed by atoms with van der Waals surface area (Å²) in [7, 11) is 0. The molecule has 0 saturated carbocycles. The highest BCUT2D eigenvalue weighted by Gasteiger charge is 2.22. The minimum absolute atomic E-state index is 0.0644. The van der Waals surface area contributed by atoms with Crippen LogP contribution in [-0.4, -0.2) is 5.91 Å². The van der Waals surface area contributed by atoms with Crippen molar-refractivity contribution >= 4 is 35.0 Å². The summed E-state index contributed by atoms with van der Waals surface area (Å²) in [5.41, 5.74) is 2.58. The summed E-state index contributed by atoms with van der Waals surface area (Å²) in [6, 6.07) is 25.3. The molecule has 4 heteroatoms. The van der Waals surface area contributed by atoms with Crippen LogP contribution in [0.15, 0.2) is 83.8 Å². The Morgan fingerprint density at radius 2 is 1.56 bits per heavy atom. The van der Waals surface area contributed by atoms with Gasteiger partial charge in [0.15, 0.2) is 0 Å². The van der Waals surface area contributed by atoms with Crippen LogP contribution < -0.4 is 5.32 Å². The predicted octanol–water partition coefficient (Wildman–Crippen LogP) is 6.12. The van der Waals surface area contributed by atoms with Crippen molar-refractivity contribution in [3.63, 3.8) is 0 Å². The first-order valence-electron chi connectivity index (χ1n) is 7.98. The van der Waals surface area contributed by atoms with Crippen LogP contribution in [0, 0.1) is 6.92 Å². The molecule has 126 valence electrons. The van der Waals surface area contributed by atoms with Gasteiger partial charge < -0.3 is 5.32 Å². The highest BCUT2D eigenvalue weighted by molar-refractivity contribution is 8.00. The molecule has 1 atom stereocenters. The fourth-order valence-electron chi connectivity index (χ4n) is 2.48. The predicted molar refractivity (Wildman–Crippen MR) is 106 cm³/mol. The summed E-state index contributed by atoms with van der Waals surface area (Å²) in [5, 5.41) is 3.32. The SMILES string of the molecule is Cc1c(Cl)cccc1NC(=O)[C@@H](Sc1ccccc1)c1ccccc1. The first-order chi connectivity index (χ1) is 12.1. The summed E-state index contributed by atoms with van der Waals surface area (Å²) in [4.78, 5) is 14.1. The maximum Gasteiger partial charge on any atom is 0.242 e. The fourth-order valence-corrected chi connectivity index (χ4v) is 3.70. The molecule has 0 fully saturated rings. The van der Waals surface area contributed by atoms with Crippen molar-refractivity contribution < 1.29 is 4.79 Å². The Morgan fingerprint density at radius 3 is 2.24 bits per heavy atom. The molecule has 25 heavy (non-hydrogen) atoms. The third-order valence-electron chi connectivity index (χ3n) is 3.86. The van der Waals surface area contributed by atoms with Crippen molar-refractivity contribution in [3.05, 3.63) is 95.0 Å². The minimum Gasteiger partial charge on any atom is -0.325 e. The van der Waals surface area contributed by atoms with Crippen LogP contribution in [0.1, 0.15) is 16.4 Å². The van der Waals surface area contributed by atoms with E-state index in [1.807, 2.05) is 85.8 Å². The molecule has 2 nitrogen and oxygen atoms in total. The number of carbonyl (C=O) groups excluding carboxylic acids is 1. The van der Waals surface area contributed by atoms with E-state index < -0.39 is 0 Å². The lowest BCUT2D eigenvalue weighted by atomic mass is 10.1. The smallest absolute Gasteiger partial charge is 0.242 e. The summed E-state index contributed by atoms with van der Waals surface area (Å²) in [6.45, 7) is 1.90. The summed E-state index contributed by atoms with van der Waals surface area (Å²) in [5.74, 6) is -0.0644. The number of amides is 1. The van der Waals surface area contributed by atoms with Gasteiger partial charge in [0.25, 0.3) is 0 Å². The van der Waals surface area contributed by atoms with Gasteiger partial charge in [-0.2, -0.15) is 0 Å². The molecule has 3 aromatic carbocycles. The van der Waals surface area contributed by atoms with Crippen LogP contribution >= 0.6 is 23.4 Å². The first kappa shape index (κ1) is 17.6. The van der Waals surface area contributed by atoms with Gasteiger partial charge in [0.05, 0.1) is 0 Å². The van der Waals surface area contributed by atoms with Gasteiger partial charge in [-0.05, 0) is 42.3 Å². The van der Waals surface area contributed by atoms with Crippen molar-refractivity contribution in [3.8, 4) is 0 Å². The first-order valence-corrected chi connectivity index (χ1v) is 9.23. The Balaban J connectivity index is 1.88. The molecule has 0 aliphatic carbocycles. The van der Waals surface area contributed by atoms with E-state index in [4.69, 9.17) is 11.6 Å². The molecule has 1 amide bonds. The van der Waals surface area contributed by atoms with Crippen molar-refractivity contribution in [2.45, 2.75) is 17.1 Å². The molecule has 0 aliphatic rings. The van der Waals surface area contributed by atoms with Crippen LogP contribution in [0.2, 0.25) is 5.02 Å². The Kier molecular flexibility index (Phi) is 5.79. The van der Waals surface area contributed by atoms with E-state index in [2.05, 4.69) is 5.32 Å². The van der Waals surface area contributed by atoms with Gasteiger partial charge in [0.2, 0.25) is 5.91 Å². The third-order valence-corrected chi connectivity index (χ3v) is 5.54. The molecule has 3 aromatic rings. The minimum atomic E-state index is -0.345. The average molecular weight is 368 g/mol. The zero-order valence-corrected chi connectivity index (χ0v) is 15.3. The van der Waals surface area contributed by atoms with E-state index in [-0.39, 0.29) is 11.2 Å². The topological polar surface area (TPSA) is 29.1 Å². The molecular formula is C21H18ClNOS. The molecule has 0 heterocycles. The number of rotatable bonds is 5. The largest absolute Gasteiger partial charge is 0.325 e. The van der Waals surface area contributed by atoms with Gasteiger partial charge >= 0.3 is 0 Å². The fraction of sp³-hybridized carbons (Fsp3) is 0.0952. The number of anilines is 1. The maximum atomic E-state index is 13.0. The highest BCUT2D eigenvalue weighted by Crippen LogP contribution is 2.36. The molecule has 0 aliphatic heterocycles. The molecule has 0 aromatic heterocycles. The lowest BCUT2D eigenvalue weighted by Gasteiger charge is -2.18. The number of hydrogen-bond donors (Lipinski definition) is 1. The Labute approximate surface area is 157 Å². The van der Waals surface area contributed by atoms with Gasteiger partial charge in [-0.25, -0.2) is 0 Å². The van der Waals surface area contributed by atoms with Gasteiger partial charge in [0.1, 0.15) is 5.25 Å². The molecule has 0 radical (unpaired) electrons. The quantitative estimate of drug-likeness (QED) is 0.550. The lowest BCUT2D eigenvalue weighted by molar-refractivity contribution is -0.115. The number of hydrogen-bond acceptors (Lipinski definition) is 2. The number of thioether (sulfide) groups is 1. The highest BCUT2D eigenvalue weighted by atomic mass is 35.5. The molecule has 0 saturated heterocycles. The number of benzene rings is 3. The van der Waals surface area contributed by atoms with Crippen LogP contribution in [0.3, 0.4) is 0 Å². The van der Waals surface area contributed by atoms with Crippen LogP contribution in [-0.2, 0) is 4.79 Å². The Bertz CT molecular complexity index is 852. The van der Waals surface area contributed by atoms with Crippen molar-refractivity contribution in [2.24, 2.45) is 0 Å². The summed E-state index contributed by atoms with van der Waals surface area (Å²) in [6.07, 6.45) is 0. The molecular weight excluding hydrogens is 350 g/mol. The van der Waals surface area contributed by atoms with E-state index in [0.29, 0.717) is 5.02 Å². The third kappa shape index (κ3) is 4.44. The summed E-state index contributed by atoms with van der Waals surface area (Å²) >= 11 is 7.70. The van der Waals surface area contributed by atoms with Crippen molar-refractivity contribution in [1.29, 1.82) is 0 Å². The Morgan fingerprint density at radius 1 is 0.920 bits per heavy atom. The van der Waals surface area contributed by atoms with Gasteiger partial charge in [-0.3, -0.25) is 4.79 Å². The van der Waals surface area contributed by atoms with Crippen molar-refractivity contribution in [1.82, 2.24) is 0 Å². The molecule has 0 spiro atoms. The average Bonchev–Trinajstić information content (AvgIpc) is 2.65. The van der Waals surface area contributed by atoms with Crippen LogP contribution in [0.25, 0.3) is 0 Å². The van der Waals surface area contributed by atoms with E-state index >= 15 is 0 Å². The van der Waals surface area contributed by atoms with E-state index in [0.717, 1.165) is 21.7 Å². The van der Waals surface area contributed by atoms with E-state index in [9.17, 15) is 4.79 Å². The lowest BCUT2D eigenvalue weighted by Crippen LogP contribution is -2.19. The van der Waals surface area contributed by atoms with Crippen LogP contribution in [0.5, 0.6) is 0 Å². The Hall–Kier alpha value is -2.23. The van der Waals surface area contributed by atoms with Crippen LogP contribution in [0.4, 0.5) is 5.69 Å². The second kappa shape index (κ2) is 8.24. The standard InChI is InChI=1S/C21H18ClNOS/c1-15-18(22)13-8-14-19(15)23-21(24)20(16-9-4-2-5-10-16)25-17-11-6-3-7-12-17/h2-14,20H,1H3,(H,23,24)/t20-/m0/s1. The summed E-state index contributed by atoms with van der Waals surface area (Å²) < 4.78 is 0. The second-order valence-electron chi connectivity index (χ2n) is 5.62. The van der Waals surface area contributed by atoms with E-state index in [1.54, 1.807) is 0 Å². The van der Waals surface area contributed by atoms with Crippen molar-refractivity contribution in [2.75, 3.05) is 5.32 Å². The maximum absolute atomic E-state index is 13.0. The van der Waals surface area contributed by atoms with Gasteiger partial charge in [-0.15, -0.1) is 11.8 Å². The molecule has 0 unspecified atom stereocenters. The second-order valence-corrected chi connectivity index (χ2v) is 7.21. The number of nitrogens with one attached hydrogen (secondary N) is 1. The number of halogens is 1. The zero-order chi connectivity index (χ0) is 17.6. The van der Waals surface area contributed by atoms with E-state index in [1.165, 1.54) is 11.8 Å².